The van der Waals surface area contributed by atoms with E-state index in [-0.39, 0.29) is 5.78 Å². The van der Waals surface area contributed by atoms with E-state index in [0.717, 1.165) is 27.8 Å². The molecule has 0 bridgehead atoms. The maximum absolute atomic E-state index is 12.6. The normalized spacial score (nSPS) is 10.7. The van der Waals surface area contributed by atoms with Crippen molar-refractivity contribution in [2.75, 3.05) is 0 Å². The van der Waals surface area contributed by atoms with Crippen LogP contribution in [0.2, 0.25) is 0 Å². The van der Waals surface area contributed by atoms with Crippen molar-refractivity contribution in [1.29, 1.82) is 0 Å². The zero-order valence-corrected chi connectivity index (χ0v) is 12.5. The van der Waals surface area contributed by atoms with Crippen molar-refractivity contribution in [2.45, 2.75) is 27.7 Å². The largest absolute Gasteiger partial charge is 0.457 e. The Labute approximate surface area is 115 Å². The number of halogens is 1. The van der Waals surface area contributed by atoms with Crippen LogP contribution in [0, 0.1) is 27.7 Å². The molecule has 18 heavy (non-hydrogen) atoms. The molecule has 3 heteroatoms. The van der Waals surface area contributed by atoms with Gasteiger partial charge in [-0.05, 0) is 71.9 Å². The molecule has 0 aliphatic carbocycles. The third-order valence-electron chi connectivity index (χ3n) is 3.46. The highest BCUT2D eigenvalue weighted by Gasteiger charge is 2.20. The molecule has 0 aliphatic rings. The molecule has 0 atom stereocenters. The Kier molecular flexibility index (Phi) is 3.44. The predicted octanol–water partition coefficient (Wildman–Crippen LogP) is 4.51. The quantitative estimate of drug-likeness (QED) is 0.764. The Balaban J connectivity index is 2.66. The summed E-state index contributed by atoms with van der Waals surface area (Å²) in [6.45, 7) is 8.04. The van der Waals surface area contributed by atoms with E-state index in [1.165, 1.54) is 6.26 Å². The number of rotatable bonds is 2. The van der Waals surface area contributed by atoms with E-state index >= 15 is 0 Å². The number of hydrogen-bond donors (Lipinski definition) is 0. The monoisotopic (exact) mass is 306 g/mol. The molecule has 0 saturated heterocycles. The highest BCUT2D eigenvalue weighted by Crippen LogP contribution is 2.27. The fourth-order valence-corrected chi connectivity index (χ4v) is 2.57. The van der Waals surface area contributed by atoms with Crippen LogP contribution in [-0.2, 0) is 0 Å². The predicted molar refractivity (Wildman–Crippen MR) is 75.2 cm³/mol. The summed E-state index contributed by atoms with van der Waals surface area (Å²) in [6.07, 6.45) is 1.52. The van der Waals surface area contributed by atoms with Crippen molar-refractivity contribution in [3.05, 3.63) is 56.4 Å². The average molecular weight is 307 g/mol. The molecule has 1 heterocycles. The molecule has 0 aliphatic heterocycles. The van der Waals surface area contributed by atoms with E-state index in [9.17, 15) is 4.79 Å². The Morgan fingerprint density at radius 2 is 1.67 bits per heavy atom. The van der Waals surface area contributed by atoms with Crippen molar-refractivity contribution in [1.82, 2.24) is 0 Å². The van der Waals surface area contributed by atoms with E-state index in [1.807, 2.05) is 27.7 Å². The third-order valence-corrected chi connectivity index (χ3v) is 4.07. The van der Waals surface area contributed by atoms with Crippen molar-refractivity contribution >= 4 is 21.7 Å². The number of benzene rings is 1. The van der Waals surface area contributed by atoms with Gasteiger partial charge in [0.2, 0.25) is 0 Å². The van der Waals surface area contributed by atoms with E-state index in [0.29, 0.717) is 10.2 Å². The van der Waals surface area contributed by atoms with Gasteiger partial charge in [0.1, 0.15) is 0 Å². The number of ketones is 1. The second-order valence-electron chi connectivity index (χ2n) is 4.57. The molecule has 0 fully saturated rings. The van der Waals surface area contributed by atoms with E-state index in [1.54, 1.807) is 6.07 Å². The summed E-state index contributed by atoms with van der Waals surface area (Å²) < 4.78 is 5.63. The summed E-state index contributed by atoms with van der Waals surface area (Å²) >= 11 is 3.26. The standard InChI is InChI=1S/C15H15BrO2/c1-8-7-9(2)11(4)13(10(8)3)14(17)12-5-6-18-15(12)16/h5-7H,1-4H3. The first kappa shape index (κ1) is 13.1. The summed E-state index contributed by atoms with van der Waals surface area (Å²) in [7, 11) is 0. The summed E-state index contributed by atoms with van der Waals surface area (Å²) in [4.78, 5) is 12.6. The minimum atomic E-state index is 0.0115. The van der Waals surface area contributed by atoms with Gasteiger partial charge in [-0.1, -0.05) is 6.07 Å². The van der Waals surface area contributed by atoms with Crippen LogP contribution in [0.25, 0.3) is 0 Å². The van der Waals surface area contributed by atoms with Crippen molar-refractivity contribution < 1.29 is 9.21 Å². The number of carbonyl (C=O) groups excluding carboxylic acids is 1. The number of furan rings is 1. The summed E-state index contributed by atoms with van der Waals surface area (Å²) in [5.74, 6) is 0.0115. The van der Waals surface area contributed by atoms with E-state index in [4.69, 9.17) is 4.42 Å². The van der Waals surface area contributed by atoms with Gasteiger partial charge < -0.3 is 4.42 Å². The molecule has 0 radical (unpaired) electrons. The lowest BCUT2D eigenvalue weighted by atomic mass is 9.90. The summed E-state index contributed by atoms with van der Waals surface area (Å²) in [5, 5.41) is 0. The van der Waals surface area contributed by atoms with Gasteiger partial charge in [-0.3, -0.25) is 4.79 Å². The molecule has 0 amide bonds. The molecule has 1 aromatic carbocycles. The zero-order valence-electron chi connectivity index (χ0n) is 10.9. The molecule has 0 saturated carbocycles. The Morgan fingerprint density at radius 3 is 2.11 bits per heavy atom. The van der Waals surface area contributed by atoms with Crippen LogP contribution < -0.4 is 0 Å². The molecule has 0 unspecified atom stereocenters. The van der Waals surface area contributed by atoms with Gasteiger partial charge in [-0.2, -0.15) is 0 Å². The topological polar surface area (TPSA) is 30.2 Å². The lowest BCUT2D eigenvalue weighted by Crippen LogP contribution is -2.08. The second-order valence-corrected chi connectivity index (χ2v) is 5.29. The fourth-order valence-electron chi connectivity index (χ4n) is 2.15. The Morgan fingerprint density at radius 1 is 1.11 bits per heavy atom. The molecular formula is C15H15BrO2. The van der Waals surface area contributed by atoms with E-state index < -0.39 is 0 Å². The molecule has 0 N–H and O–H groups in total. The number of hydrogen-bond acceptors (Lipinski definition) is 2. The van der Waals surface area contributed by atoms with Crippen LogP contribution in [0.3, 0.4) is 0 Å². The van der Waals surface area contributed by atoms with Gasteiger partial charge in [0.25, 0.3) is 0 Å². The maximum atomic E-state index is 12.6. The minimum Gasteiger partial charge on any atom is -0.457 e. The molecule has 94 valence electrons. The van der Waals surface area contributed by atoms with Gasteiger partial charge in [0.15, 0.2) is 10.5 Å². The molecule has 2 aromatic rings. The average Bonchev–Trinajstić information content (AvgIpc) is 2.73. The van der Waals surface area contributed by atoms with Gasteiger partial charge in [-0.25, -0.2) is 0 Å². The Hall–Kier alpha value is -1.35. The van der Waals surface area contributed by atoms with Crippen LogP contribution in [0.4, 0.5) is 0 Å². The van der Waals surface area contributed by atoms with Crippen molar-refractivity contribution in [3.8, 4) is 0 Å². The van der Waals surface area contributed by atoms with Crippen LogP contribution in [0.5, 0.6) is 0 Å². The smallest absolute Gasteiger partial charge is 0.198 e. The molecular weight excluding hydrogens is 292 g/mol. The Bertz CT molecular complexity index is 597. The highest BCUT2D eigenvalue weighted by atomic mass is 79.9. The lowest BCUT2D eigenvalue weighted by molar-refractivity contribution is 0.103. The van der Waals surface area contributed by atoms with Crippen molar-refractivity contribution in [2.24, 2.45) is 0 Å². The first-order valence-corrected chi connectivity index (χ1v) is 6.58. The van der Waals surface area contributed by atoms with Gasteiger partial charge in [0, 0.05) is 5.56 Å². The van der Waals surface area contributed by atoms with Gasteiger partial charge >= 0.3 is 0 Å². The lowest BCUT2D eigenvalue weighted by Gasteiger charge is -2.13. The summed E-state index contributed by atoms with van der Waals surface area (Å²) in [6, 6.07) is 3.81. The first-order chi connectivity index (χ1) is 8.43. The molecule has 0 spiro atoms. The minimum absolute atomic E-state index is 0.0115. The SMILES string of the molecule is Cc1cc(C)c(C)c(C(=O)c2ccoc2Br)c1C. The molecule has 2 nitrogen and oxygen atoms in total. The van der Waals surface area contributed by atoms with E-state index in [2.05, 4.69) is 22.0 Å². The zero-order chi connectivity index (χ0) is 13.4. The molecule has 1 aromatic heterocycles. The maximum Gasteiger partial charge on any atom is 0.198 e. The second kappa shape index (κ2) is 4.73. The van der Waals surface area contributed by atoms with Crippen LogP contribution in [0.1, 0.15) is 38.2 Å². The first-order valence-electron chi connectivity index (χ1n) is 5.78. The van der Waals surface area contributed by atoms with Crippen LogP contribution >= 0.6 is 15.9 Å². The number of aryl methyl sites for hydroxylation is 2. The highest BCUT2D eigenvalue weighted by molar-refractivity contribution is 9.10. The van der Waals surface area contributed by atoms with Gasteiger partial charge in [-0.15, -0.1) is 0 Å². The summed E-state index contributed by atoms with van der Waals surface area (Å²) in [5.41, 5.74) is 5.72. The number of carbonyl (C=O) groups is 1. The van der Waals surface area contributed by atoms with Crippen LogP contribution in [-0.4, -0.2) is 5.78 Å². The third kappa shape index (κ3) is 2.03. The molecule has 2 rings (SSSR count). The van der Waals surface area contributed by atoms with Crippen molar-refractivity contribution in [3.63, 3.8) is 0 Å². The van der Waals surface area contributed by atoms with Crippen LogP contribution in [0.15, 0.2) is 27.5 Å². The van der Waals surface area contributed by atoms with Gasteiger partial charge in [0.05, 0.1) is 11.8 Å². The fraction of sp³-hybridized carbons (Fsp3) is 0.267.